The van der Waals surface area contributed by atoms with E-state index < -0.39 is 40.8 Å². The molecule has 2 N–H and O–H groups in total. The molecule has 2 fully saturated rings. The maximum atomic E-state index is 13.2. The van der Waals surface area contributed by atoms with Crippen molar-refractivity contribution in [2.45, 2.75) is 71.8 Å². The number of amides is 3. The van der Waals surface area contributed by atoms with Crippen LogP contribution < -0.4 is 10.9 Å². The Hall–Kier alpha value is -1.93. The molecule has 2 aliphatic rings. The molecule has 0 bridgehead atoms. The quantitative estimate of drug-likeness (QED) is 0.710. The molecule has 2 rings (SSSR count). The highest BCUT2D eigenvalue weighted by molar-refractivity contribution is 5.89. The number of carbonyl (C=O) groups is 3. The highest BCUT2D eigenvalue weighted by atomic mass is 19.3. The van der Waals surface area contributed by atoms with Gasteiger partial charge >= 0.3 is 6.09 Å². The average molecular weight is 403 g/mol. The monoisotopic (exact) mass is 403 g/mol. The number of alkyl halides is 2. The van der Waals surface area contributed by atoms with E-state index in [1.807, 2.05) is 13.8 Å². The summed E-state index contributed by atoms with van der Waals surface area (Å²) in [6.45, 7) is 9.43. The van der Waals surface area contributed by atoms with Crippen molar-refractivity contribution >= 4 is 17.9 Å². The van der Waals surface area contributed by atoms with Crippen molar-refractivity contribution < 1.29 is 27.9 Å². The van der Waals surface area contributed by atoms with Crippen molar-refractivity contribution in [3.8, 4) is 0 Å². The Labute approximate surface area is 164 Å². The van der Waals surface area contributed by atoms with Gasteiger partial charge in [0.1, 0.15) is 5.60 Å². The van der Waals surface area contributed by atoms with E-state index >= 15 is 0 Å². The Balaban J connectivity index is 1.87. The van der Waals surface area contributed by atoms with E-state index in [-0.39, 0.29) is 44.7 Å². The lowest BCUT2D eigenvalue weighted by Gasteiger charge is -2.50. The van der Waals surface area contributed by atoms with E-state index in [4.69, 9.17) is 4.74 Å². The van der Waals surface area contributed by atoms with Crippen LogP contribution in [0.5, 0.6) is 0 Å². The summed E-state index contributed by atoms with van der Waals surface area (Å²) in [7, 11) is 0. The molecule has 160 valence electrons. The van der Waals surface area contributed by atoms with Gasteiger partial charge in [0, 0.05) is 31.8 Å². The molecule has 1 saturated heterocycles. The van der Waals surface area contributed by atoms with Gasteiger partial charge in [-0.2, -0.15) is 0 Å². The second kappa shape index (κ2) is 7.83. The van der Waals surface area contributed by atoms with Gasteiger partial charge in [0.05, 0.1) is 5.41 Å². The van der Waals surface area contributed by atoms with Crippen LogP contribution in [-0.2, 0) is 14.3 Å². The number of hydrogen-bond acceptors (Lipinski definition) is 4. The summed E-state index contributed by atoms with van der Waals surface area (Å²) in [6.07, 6.45) is -0.935. The van der Waals surface area contributed by atoms with E-state index in [9.17, 15) is 23.2 Å². The second-order valence-corrected chi connectivity index (χ2v) is 9.22. The largest absolute Gasteiger partial charge is 0.444 e. The lowest BCUT2D eigenvalue weighted by Crippen LogP contribution is -2.68. The predicted octanol–water partition coefficient (Wildman–Crippen LogP) is 2.85. The molecule has 0 aromatic heterocycles. The Morgan fingerprint density at radius 3 is 2.07 bits per heavy atom. The molecular weight excluding hydrogens is 372 g/mol. The van der Waals surface area contributed by atoms with Gasteiger partial charge in [-0.3, -0.25) is 20.4 Å². The molecule has 0 aromatic carbocycles. The molecule has 0 unspecified atom stereocenters. The van der Waals surface area contributed by atoms with Crippen LogP contribution in [0.1, 0.15) is 60.3 Å². The van der Waals surface area contributed by atoms with E-state index in [0.717, 1.165) is 0 Å². The number of halogens is 2. The van der Waals surface area contributed by atoms with E-state index in [0.29, 0.717) is 0 Å². The van der Waals surface area contributed by atoms with Gasteiger partial charge in [-0.15, -0.1) is 0 Å². The number of carbonyl (C=O) groups excluding carboxylic acids is 3. The number of nitrogens with zero attached hydrogens (tertiary/aromatic N) is 1. The number of rotatable bonds is 3. The summed E-state index contributed by atoms with van der Waals surface area (Å²) in [4.78, 5) is 38.5. The highest BCUT2D eigenvalue weighted by Crippen LogP contribution is 2.39. The summed E-state index contributed by atoms with van der Waals surface area (Å²) in [5.41, 5.74) is 3.35. The fourth-order valence-electron chi connectivity index (χ4n) is 3.51. The van der Waals surface area contributed by atoms with Gasteiger partial charge in [0.25, 0.3) is 0 Å². The summed E-state index contributed by atoms with van der Waals surface area (Å²) in [5, 5.41) is 0. The number of hydrogen-bond donors (Lipinski definition) is 2. The van der Waals surface area contributed by atoms with Crippen LogP contribution in [0.25, 0.3) is 0 Å². The van der Waals surface area contributed by atoms with Crippen molar-refractivity contribution in [3.63, 3.8) is 0 Å². The molecule has 9 heteroatoms. The molecule has 1 aliphatic heterocycles. The summed E-state index contributed by atoms with van der Waals surface area (Å²) >= 11 is 0. The molecule has 0 radical (unpaired) electrons. The minimum absolute atomic E-state index is 0.0727. The molecule has 0 atom stereocenters. The molecule has 0 aromatic rings. The van der Waals surface area contributed by atoms with Crippen LogP contribution in [0.4, 0.5) is 13.6 Å². The first-order valence-corrected chi connectivity index (χ1v) is 9.72. The Morgan fingerprint density at radius 1 is 1.07 bits per heavy atom. The summed E-state index contributed by atoms with van der Waals surface area (Å²) in [5.74, 6) is -4.16. The first-order chi connectivity index (χ1) is 12.8. The summed E-state index contributed by atoms with van der Waals surface area (Å²) < 4.78 is 31.7. The van der Waals surface area contributed by atoms with E-state index in [1.54, 1.807) is 20.8 Å². The van der Waals surface area contributed by atoms with Crippen molar-refractivity contribution in [3.05, 3.63) is 0 Å². The zero-order valence-corrected chi connectivity index (χ0v) is 17.2. The van der Waals surface area contributed by atoms with E-state index in [1.165, 1.54) is 4.90 Å². The minimum Gasteiger partial charge on any atom is -0.444 e. The second-order valence-electron chi connectivity index (χ2n) is 9.22. The predicted molar refractivity (Wildman–Crippen MR) is 98.3 cm³/mol. The average Bonchev–Trinajstić information content (AvgIpc) is 2.49. The third kappa shape index (κ3) is 5.11. The molecule has 1 heterocycles. The zero-order chi connectivity index (χ0) is 21.3. The van der Waals surface area contributed by atoms with E-state index in [2.05, 4.69) is 10.9 Å². The van der Waals surface area contributed by atoms with Crippen molar-refractivity contribution in [2.24, 2.45) is 17.3 Å². The highest BCUT2D eigenvalue weighted by Gasteiger charge is 2.54. The van der Waals surface area contributed by atoms with Crippen LogP contribution in [0.15, 0.2) is 0 Å². The zero-order valence-electron chi connectivity index (χ0n) is 17.2. The maximum absolute atomic E-state index is 13.2. The first kappa shape index (κ1) is 22.4. The maximum Gasteiger partial charge on any atom is 0.410 e. The fraction of sp³-hybridized carbons (Fsp3) is 0.842. The molecule has 3 amide bonds. The van der Waals surface area contributed by atoms with Gasteiger partial charge in [0.2, 0.25) is 17.7 Å². The van der Waals surface area contributed by atoms with Crippen molar-refractivity contribution in [1.29, 1.82) is 0 Å². The number of nitrogens with one attached hydrogen (secondary N) is 2. The SMILES string of the molecule is CC(C)C1(C(=O)NNC(=O)C2CCC(F)(F)CC2)CN(C(=O)OC(C)(C)C)C1. The van der Waals surface area contributed by atoms with Gasteiger partial charge in [-0.1, -0.05) is 13.8 Å². The lowest BCUT2D eigenvalue weighted by atomic mass is 9.70. The number of likely N-dealkylation sites (tertiary alicyclic amines) is 1. The standard InChI is InChI=1S/C19H31F2N3O4/c1-12(2)18(10-24(11-18)16(27)28-17(3,4)5)15(26)23-22-14(25)13-6-8-19(20,21)9-7-13/h12-13H,6-11H2,1-5H3,(H,22,25)(H,23,26). The molecule has 1 saturated carbocycles. The topological polar surface area (TPSA) is 87.7 Å². The smallest absolute Gasteiger partial charge is 0.410 e. The van der Waals surface area contributed by atoms with Gasteiger partial charge in [-0.25, -0.2) is 13.6 Å². The third-order valence-corrected chi connectivity index (χ3v) is 5.54. The van der Waals surface area contributed by atoms with Crippen molar-refractivity contribution in [1.82, 2.24) is 15.8 Å². The lowest BCUT2D eigenvalue weighted by molar-refractivity contribution is -0.149. The normalized spacial score (nSPS) is 21.6. The molecule has 7 nitrogen and oxygen atoms in total. The van der Waals surface area contributed by atoms with Crippen LogP contribution in [-0.4, -0.2) is 47.4 Å². The molecule has 1 aliphatic carbocycles. The molecule has 0 spiro atoms. The van der Waals surface area contributed by atoms with Crippen molar-refractivity contribution in [2.75, 3.05) is 13.1 Å². The minimum atomic E-state index is -2.71. The van der Waals surface area contributed by atoms with Crippen LogP contribution >= 0.6 is 0 Å². The van der Waals surface area contributed by atoms with Gasteiger partial charge in [0.15, 0.2) is 0 Å². The number of hydrazine groups is 1. The summed E-state index contributed by atoms with van der Waals surface area (Å²) in [6, 6.07) is 0. The molecule has 28 heavy (non-hydrogen) atoms. The molecular formula is C19H31F2N3O4. The first-order valence-electron chi connectivity index (χ1n) is 9.72. The Bertz CT molecular complexity index is 615. The van der Waals surface area contributed by atoms with Crippen LogP contribution in [0.2, 0.25) is 0 Å². The van der Waals surface area contributed by atoms with Gasteiger partial charge in [-0.05, 0) is 39.5 Å². The van der Waals surface area contributed by atoms with Gasteiger partial charge < -0.3 is 9.64 Å². The Morgan fingerprint density at radius 2 is 1.61 bits per heavy atom. The fourth-order valence-corrected chi connectivity index (χ4v) is 3.51. The third-order valence-electron chi connectivity index (χ3n) is 5.54. The van der Waals surface area contributed by atoms with Crippen LogP contribution in [0, 0.1) is 17.3 Å². The van der Waals surface area contributed by atoms with Crippen LogP contribution in [0.3, 0.4) is 0 Å². The number of ether oxygens (including phenoxy) is 1. The Kier molecular flexibility index (Phi) is 6.25.